The molecule has 0 fully saturated rings. The molecule has 0 radical (unpaired) electrons. The van der Waals surface area contributed by atoms with E-state index in [9.17, 15) is 19.5 Å². The summed E-state index contributed by atoms with van der Waals surface area (Å²) in [4.78, 5) is 43.5. The summed E-state index contributed by atoms with van der Waals surface area (Å²) in [5, 5.41) is 18.1. The van der Waals surface area contributed by atoms with Gasteiger partial charge in [-0.1, -0.05) is 68.5 Å². The molecule has 4 aromatic rings. The Balaban J connectivity index is 1.22. The monoisotopic (exact) mass is 610 g/mol. The van der Waals surface area contributed by atoms with Crippen LogP contribution >= 0.6 is 0 Å². The number of aryl methyl sites for hydroxylation is 1. The van der Waals surface area contributed by atoms with Crippen LogP contribution < -0.4 is 16.2 Å². The van der Waals surface area contributed by atoms with Crippen LogP contribution in [0.1, 0.15) is 42.0 Å². The lowest BCUT2D eigenvalue weighted by atomic mass is 9.86. The zero-order valence-electron chi connectivity index (χ0n) is 25.4. The van der Waals surface area contributed by atoms with Crippen LogP contribution in [0.2, 0.25) is 25.2 Å². The first-order valence-electron chi connectivity index (χ1n) is 15.3. The van der Waals surface area contributed by atoms with Crippen molar-refractivity contribution in [2.24, 2.45) is 0 Å². The van der Waals surface area contributed by atoms with Crippen molar-refractivity contribution < 1.29 is 19.4 Å². The lowest BCUT2D eigenvalue weighted by Gasteiger charge is -2.31. The fourth-order valence-corrected chi connectivity index (χ4v) is 8.76. The van der Waals surface area contributed by atoms with Gasteiger partial charge >= 0.3 is 12.0 Å². The maximum Gasteiger partial charge on any atom is 0.343 e. The summed E-state index contributed by atoms with van der Waals surface area (Å²) in [7, 11) is -1.64. The predicted octanol–water partition coefficient (Wildman–Crippen LogP) is 5.54. The topological polar surface area (TPSA) is 123 Å². The van der Waals surface area contributed by atoms with Gasteiger partial charge in [0.05, 0.1) is 29.0 Å². The molecule has 0 saturated heterocycles. The van der Waals surface area contributed by atoms with Gasteiger partial charge in [0.2, 0.25) is 0 Å². The summed E-state index contributed by atoms with van der Waals surface area (Å²) in [5.74, 6) is -0.721. The van der Waals surface area contributed by atoms with Gasteiger partial charge in [0.15, 0.2) is 5.60 Å². The number of carbonyl (C=O) groups excluding carboxylic acids is 2. The van der Waals surface area contributed by atoms with Crippen molar-refractivity contribution in [2.45, 2.75) is 70.1 Å². The third-order valence-corrected chi connectivity index (χ3v) is 12.4. The van der Waals surface area contributed by atoms with Gasteiger partial charge in [-0.2, -0.15) is 0 Å². The number of esters is 1. The van der Waals surface area contributed by atoms with E-state index in [4.69, 9.17) is 9.72 Å². The van der Waals surface area contributed by atoms with Crippen LogP contribution in [0.5, 0.6) is 0 Å². The van der Waals surface area contributed by atoms with E-state index in [0.29, 0.717) is 29.9 Å². The van der Waals surface area contributed by atoms with Crippen LogP contribution in [0, 0.1) is 0 Å². The third kappa shape index (κ3) is 5.44. The third-order valence-electron chi connectivity index (χ3n) is 9.11. The quantitative estimate of drug-likeness (QED) is 0.114. The Labute approximate surface area is 257 Å². The molecule has 0 spiro atoms. The highest BCUT2D eigenvalue weighted by atomic mass is 28.3. The number of urea groups is 1. The molecule has 228 valence electrons. The summed E-state index contributed by atoms with van der Waals surface area (Å²) < 4.78 is 6.94. The van der Waals surface area contributed by atoms with E-state index in [-0.39, 0.29) is 24.6 Å². The number of amides is 2. The second kappa shape index (κ2) is 11.7. The molecular formula is C34H38N4O5Si. The molecule has 2 amide bonds. The molecule has 10 heteroatoms. The largest absolute Gasteiger partial charge is 0.458 e. The van der Waals surface area contributed by atoms with Crippen molar-refractivity contribution in [1.82, 2.24) is 14.9 Å². The summed E-state index contributed by atoms with van der Waals surface area (Å²) in [6, 6.07) is 21.2. The standard InChI is InChI=1S/C34H38N4O5Si/c1-4-34(42)27-19-29-30-25(20-38(29)31(39)26(27)21-43-32(34)40)23(24-13-8-9-14-28(24)37-30)15-18-44(2,3)17-10-16-35-33(41)36-22-11-6-5-7-12-22/h5-9,11-14,19,42H,4,10,15-18,20-21H2,1-3H3,(H2,35,36,41). The van der Waals surface area contributed by atoms with E-state index in [1.165, 1.54) is 5.56 Å². The minimum atomic E-state index is -1.85. The number of nitrogens with one attached hydrogen (secondary N) is 2. The number of rotatable bonds is 9. The number of hydrogen-bond acceptors (Lipinski definition) is 6. The van der Waals surface area contributed by atoms with Crippen molar-refractivity contribution in [3.63, 3.8) is 0 Å². The number of aromatic nitrogens is 2. The van der Waals surface area contributed by atoms with E-state index in [1.54, 1.807) is 17.6 Å². The molecule has 0 bridgehead atoms. The fraction of sp³-hybridized carbons (Fsp3) is 0.353. The Morgan fingerprint density at radius 2 is 1.82 bits per heavy atom. The number of ether oxygens (including phenoxy) is 1. The molecule has 44 heavy (non-hydrogen) atoms. The molecule has 3 N–H and O–H groups in total. The van der Waals surface area contributed by atoms with E-state index in [2.05, 4.69) is 29.8 Å². The molecule has 1 unspecified atom stereocenters. The maximum absolute atomic E-state index is 13.7. The highest BCUT2D eigenvalue weighted by Gasteiger charge is 2.45. The van der Waals surface area contributed by atoms with Crippen LogP contribution in [0.25, 0.3) is 22.3 Å². The minimum absolute atomic E-state index is 0.109. The van der Waals surface area contributed by atoms with E-state index in [0.717, 1.165) is 52.8 Å². The van der Waals surface area contributed by atoms with Gasteiger partial charge in [-0.3, -0.25) is 4.79 Å². The van der Waals surface area contributed by atoms with Crippen molar-refractivity contribution in [3.8, 4) is 11.4 Å². The Morgan fingerprint density at radius 3 is 2.59 bits per heavy atom. The average molecular weight is 611 g/mol. The summed E-state index contributed by atoms with van der Waals surface area (Å²) in [6.45, 7) is 7.34. The van der Waals surface area contributed by atoms with Gasteiger partial charge in [-0.25, -0.2) is 14.6 Å². The second-order valence-electron chi connectivity index (χ2n) is 12.6. The van der Waals surface area contributed by atoms with Crippen LogP contribution in [-0.4, -0.2) is 41.3 Å². The Kier molecular flexibility index (Phi) is 7.89. The van der Waals surface area contributed by atoms with Crippen LogP contribution in [0.3, 0.4) is 0 Å². The molecular weight excluding hydrogens is 572 g/mol. The molecule has 6 rings (SSSR count). The van der Waals surface area contributed by atoms with Gasteiger partial charge in [0.25, 0.3) is 5.56 Å². The zero-order chi connectivity index (χ0) is 31.1. The van der Waals surface area contributed by atoms with E-state index in [1.807, 2.05) is 48.5 Å². The number of fused-ring (bicyclic) bond motifs is 5. The summed E-state index contributed by atoms with van der Waals surface area (Å²) in [5.41, 5.74) is 3.79. The highest BCUT2D eigenvalue weighted by Crippen LogP contribution is 2.41. The average Bonchev–Trinajstić information content (AvgIpc) is 3.38. The molecule has 0 aliphatic carbocycles. The number of nitrogens with zero attached hydrogens (tertiary/aromatic N) is 2. The number of para-hydroxylation sites is 2. The predicted molar refractivity (Wildman–Crippen MR) is 173 cm³/mol. The first kappa shape index (κ1) is 29.8. The van der Waals surface area contributed by atoms with Gasteiger partial charge in [0.1, 0.15) is 6.61 Å². The number of cyclic esters (lactones) is 1. The lowest BCUT2D eigenvalue weighted by molar-refractivity contribution is -0.172. The molecule has 2 aromatic carbocycles. The fourth-order valence-electron chi connectivity index (χ4n) is 6.45. The SMILES string of the molecule is CCC1(O)C(=O)OCc2c1cc1n(c2=O)Cc2c-1nc1ccccc1c2CC[Si](C)(C)CCCNC(=O)Nc1ccccc1. The van der Waals surface area contributed by atoms with Gasteiger partial charge in [-0.15, -0.1) is 0 Å². The molecule has 9 nitrogen and oxygen atoms in total. The Morgan fingerprint density at radius 1 is 1.07 bits per heavy atom. The molecule has 0 saturated carbocycles. The van der Waals surface area contributed by atoms with Crippen molar-refractivity contribution in [2.75, 3.05) is 11.9 Å². The number of hydrogen-bond donors (Lipinski definition) is 3. The second-order valence-corrected chi connectivity index (χ2v) is 17.9. The normalized spacial score (nSPS) is 17.0. The zero-order valence-corrected chi connectivity index (χ0v) is 26.4. The van der Waals surface area contributed by atoms with E-state index >= 15 is 0 Å². The van der Waals surface area contributed by atoms with Crippen molar-refractivity contribution in [3.05, 3.63) is 93.3 Å². The molecule has 2 aliphatic heterocycles. The number of pyridine rings is 2. The van der Waals surface area contributed by atoms with Crippen LogP contribution in [0.15, 0.2) is 65.5 Å². The molecule has 1 atom stereocenters. The number of benzene rings is 2. The molecule has 2 aliphatic rings. The first-order chi connectivity index (χ1) is 21.1. The van der Waals surface area contributed by atoms with Crippen molar-refractivity contribution >= 4 is 36.7 Å². The highest BCUT2D eigenvalue weighted by molar-refractivity contribution is 6.77. The lowest BCUT2D eigenvalue weighted by Crippen LogP contribution is -2.44. The smallest absolute Gasteiger partial charge is 0.343 e. The number of aliphatic hydroxyl groups is 1. The summed E-state index contributed by atoms with van der Waals surface area (Å²) >= 11 is 0. The Bertz CT molecular complexity index is 1820. The summed E-state index contributed by atoms with van der Waals surface area (Å²) in [6.07, 6.45) is 1.87. The maximum atomic E-state index is 13.7. The minimum Gasteiger partial charge on any atom is -0.458 e. The van der Waals surface area contributed by atoms with Gasteiger partial charge in [-0.05, 0) is 49.1 Å². The van der Waals surface area contributed by atoms with Crippen LogP contribution in [0.4, 0.5) is 10.5 Å². The molecule has 2 aromatic heterocycles. The first-order valence-corrected chi connectivity index (χ1v) is 18.7. The van der Waals surface area contributed by atoms with Crippen LogP contribution in [-0.2, 0) is 34.7 Å². The van der Waals surface area contributed by atoms with E-state index < -0.39 is 19.6 Å². The van der Waals surface area contributed by atoms with Gasteiger partial charge in [0, 0.05) is 36.8 Å². The van der Waals surface area contributed by atoms with Gasteiger partial charge < -0.3 is 25.0 Å². The molecule has 4 heterocycles. The Hall–Kier alpha value is -4.28. The number of anilines is 1. The van der Waals surface area contributed by atoms with Crippen molar-refractivity contribution in [1.29, 1.82) is 0 Å². The number of carbonyl (C=O) groups is 2.